The van der Waals surface area contributed by atoms with Gasteiger partial charge in [-0.25, -0.2) is 0 Å². The fraction of sp³-hybridized carbons (Fsp3) is 0.0769. The normalized spacial score (nSPS) is 13.0. The zero-order valence-electron chi connectivity index (χ0n) is 10.0. The van der Waals surface area contributed by atoms with Crippen molar-refractivity contribution in [1.82, 2.24) is 0 Å². The average molecular weight is 279 g/mol. The Bertz CT molecular complexity index is 579. The van der Waals surface area contributed by atoms with E-state index in [9.17, 15) is 4.57 Å². The van der Waals surface area contributed by atoms with Gasteiger partial charge in [-0.2, -0.15) is 0 Å². The van der Waals surface area contributed by atoms with Gasteiger partial charge in [-0.3, -0.25) is 4.57 Å². The van der Waals surface area contributed by atoms with Crippen molar-refractivity contribution in [3.63, 3.8) is 0 Å². The molecule has 1 atom stereocenters. The Hall–Kier alpha value is -1.65. The van der Waals surface area contributed by atoms with Gasteiger partial charge in [-0.05, 0) is 29.8 Å². The Kier molecular flexibility index (Phi) is 4.02. The second-order valence-electron chi connectivity index (χ2n) is 4.02. The Labute approximate surface area is 110 Å². The first-order valence-corrected chi connectivity index (χ1v) is 7.28. The molecule has 0 spiro atoms. The quantitative estimate of drug-likeness (QED) is 0.748. The van der Waals surface area contributed by atoms with Gasteiger partial charge in [-0.15, -0.1) is 0 Å². The van der Waals surface area contributed by atoms with Crippen LogP contribution >= 0.6 is 7.60 Å². The van der Waals surface area contributed by atoms with Crippen molar-refractivity contribution in [2.45, 2.75) is 5.78 Å². The lowest BCUT2D eigenvalue weighted by molar-refractivity contribution is 0.359. The van der Waals surface area contributed by atoms with E-state index < -0.39 is 13.4 Å². The molecule has 4 N–H and O–H groups in total. The maximum Gasteiger partial charge on any atom is 0.346 e. The molecule has 0 amide bonds. The summed E-state index contributed by atoms with van der Waals surface area (Å²) >= 11 is 0. The third-order valence-electron chi connectivity index (χ3n) is 2.56. The summed E-state index contributed by atoms with van der Waals surface area (Å²) < 4.78 is 16.6. The van der Waals surface area contributed by atoms with Crippen molar-refractivity contribution >= 4 is 7.60 Å². The van der Waals surface area contributed by atoms with Crippen LogP contribution in [-0.4, -0.2) is 9.79 Å². The molecule has 2 aromatic rings. The Morgan fingerprint density at radius 2 is 1.47 bits per heavy atom. The minimum absolute atomic E-state index is 0.369. The lowest BCUT2D eigenvalue weighted by atomic mass is 10.2. The van der Waals surface area contributed by atoms with E-state index in [0.29, 0.717) is 17.1 Å². The third kappa shape index (κ3) is 3.66. The molecule has 0 aliphatic rings. The van der Waals surface area contributed by atoms with Gasteiger partial charge < -0.3 is 20.3 Å². The fourth-order valence-corrected chi connectivity index (χ4v) is 2.11. The predicted octanol–water partition coefficient (Wildman–Crippen LogP) is 2.61. The summed E-state index contributed by atoms with van der Waals surface area (Å²) in [5, 5.41) is 0. The van der Waals surface area contributed by atoms with Crippen molar-refractivity contribution in [2.24, 2.45) is 5.73 Å². The highest BCUT2D eigenvalue weighted by molar-refractivity contribution is 7.52. The van der Waals surface area contributed by atoms with Crippen LogP contribution < -0.4 is 10.5 Å². The molecule has 0 saturated carbocycles. The molecule has 19 heavy (non-hydrogen) atoms. The van der Waals surface area contributed by atoms with Gasteiger partial charge >= 0.3 is 7.60 Å². The third-order valence-corrected chi connectivity index (χ3v) is 3.59. The van der Waals surface area contributed by atoms with E-state index in [1.807, 2.05) is 30.3 Å². The largest absolute Gasteiger partial charge is 0.457 e. The topological polar surface area (TPSA) is 92.8 Å². The fourth-order valence-electron chi connectivity index (χ4n) is 1.55. The molecule has 0 aliphatic carbocycles. The maximum absolute atomic E-state index is 11.0. The second kappa shape index (κ2) is 5.55. The van der Waals surface area contributed by atoms with E-state index >= 15 is 0 Å². The standard InChI is InChI=1S/C13H14NO4P/c14-13(19(15,16)17)10-6-8-12(9-7-10)18-11-4-2-1-3-5-11/h1-9,13H,14H2,(H2,15,16,17). The Morgan fingerprint density at radius 1 is 0.947 bits per heavy atom. The van der Waals surface area contributed by atoms with Gasteiger partial charge in [0.25, 0.3) is 0 Å². The number of para-hydroxylation sites is 1. The molecule has 0 bridgehead atoms. The highest BCUT2D eigenvalue weighted by atomic mass is 31.2. The van der Waals surface area contributed by atoms with Gasteiger partial charge in [0.15, 0.2) is 0 Å². The van der Waals surface area contributed by atoms with Crippen LogP contribution in [0.25, 0.3) is 0 Å². The molecule has 0 aliphatic heterocycles. The molecule has 2 aromatic carbocycles. The molecule has 0 fully saturated rings. The van der Waals surface area contributed by atoms with Crippen LogP contribution in [0, 0.1) is 0 Å². The highest BCUT2D eigenvalue weighted by Crippen LogP contribution is 2.48. The van der Waals surface area contributed by atoms with E-state index in [1.54, 1.807) is 24.3 Å². The van der Waals surface area contributed by atoms with Gasteiger partial charge in [0.2, 0.25) is 0 Å². The number of hydrogen-bond acceptors (Lipinski definition) is 3. The second-order valence-corrected chi connectivity index (χ2v) is 5.75. The zero-order valence-corrected chi connectivity index (χ0v) is 10.9. The van der Waals surface area contributed by atoms with Crippen molar-refractivity contribution in [2.75, 3.05) is 0 Å². The number of nitrogens with two attached hydrogens (primary N) is 1. The Balaban J connectivity index is 2.13. The lowest BCUT2D eigenvalue weighted by Crippen LogP contribution is -2.10. The molecular formula is C13H14NO4P. The summed E-state index contributed by atoms with van der Waals surface area (Å²) in [5.41, 5.74) is 5.84. The van der Waals surface area contributed by atoms with Gasteiger partial charge in [0.1, 0.15) is 17.3 Å². The molecule has 1 unspecified atom stereocenters. The van der Waals surface area contributed by atoms with E-state index in [-0.39, 0.29) is 0 Å². The highest BCUT2D eigenvalue weighted by Gasteiger charge is 2.26. The van der Waals surface area contributed by atoms with Crippen molar-refractivity contribution in [3.05, 3.63) is 60.2 Å². The van der Waals surface area contributed by atoms with Gasteiger partial charge in [-0.1, -0.05) is 30.3 Å². The van der Waals surface area contributed by atoms with Gasteiger partial charge in [0.05, 0.1) is 0 Å². The smallest absolute Gasteiger partial charge is 0.346 e. The van der Waals surface area contributed by atoms with E-state index in [0.717, 1.165) is 0 Å². The van der Waals surface area contributed by atoms with Crippen LogP contribution in [0.2, 0.25) is 0 Å². The van der Waals surface area contributed by atoms with Crippen molar-refractivity contribution < 1.29 is 19.1 Å². The minimum atomic E-state index is -4.32. The molecule has 2 rings (SSSR count). The SMILES string of the molecule is NC(c1ccc(Oc2ccccc2)cc1)P(=O)(O)O. The minimum Gasteiger partial charge on any atom is -0.457 e. The zero-order chi connectivity index (χ0) is 13.9. The summed E-state index contributed by atoms with van der Waals surface area (Å²) in [6, 6.07) is 15.6. The number of rotatable bonds is 4. The number of ether oxygens (including phenoxy) is 1. The van der Waals surface area contributed by atoms with Crippen LogP contribution in [0.15, 0.2) is 54.6 Å². The van der Waals surface area contributed by atoms with Crippen molar-refractivity contribution in [3.8, 4) is 11.5 Å². The lowest BCUT2D eigenvalue weighted by Gasteiger charge is -2.14. The maximum atomic E-state index is 11.0. The average Bonchev–Trinajstić information content (AvgIpc) is 2.39. The molecule has 0 aromatic heterocycles. The summed E-state index contributed by atoms with van der Waals surface area (Å²) in [6.07, 6.45) is 0. The molecule has 6 heteroatoms. The van der Waals surface area contributed by atoms with Crippen LogP contribution in [0.5, 0.6) is 11.5 Å². The monoisotopic (exact) mass is 279 g/mol. The Morgan fingerprint density at radius 3 is 2.00 bits per heavy atom. The number of benzene rings is 2. The van der Waals surface area contributed by atoms with Crippen LogP contribution in [0.4, 0.5) is 0 Å². The summed E-state index contributed by atoms with van der Waals surface area (Å²) in [4.78, 5) is 18.0. The summed E-state index contributed by atoms with van der Waals surface area (Å²) in [6.45, 7) is 0. The first-order valence-electron chi connectivity index (χ1n) is 5.60. The summed E-state index contributed by atoms with van der Waals surface area (Å²) in [7, 11) is -4.32. The van der Waals surface area contributed by atoms with E-state index in [4.69, 9.17) is 20.3 Å². The molecule has 100 valence electrons. The predicted molar refractivity (Wildman–Crippen MR) is 71.9 cm³/mol. The van der Waals surface area contributed by atoms with Crippen LogP contribution in [0.1, 0.15) is 11.3 Å². The molecular weight excluding hydrogens is 265 g/mol. The van der Waals surface area contributed by atoms with Crippen LogP contribution in [0.3, 0.4) is 0 Å². The molecule has 0 radical (unpaired) electrons. The van der Waals surface area contributed by atoms with Crippen molar-refractivity contribution in [1.29, 1.82) is 0 Å². The number of hydrogen-bond donors (Lipinski definition) is 3. The molecule has 5 nitrogen and oxygen atoms in total. The van der Waals surface area contributed by atoms with E-state index in [2.05, 4.69) is 0 Å². The van der Waals surface area contributed by atoms with Crippen LogP contribution in [-0.2, 0) is 4.57 Å². The molecule has 0 saturated heterocycles. The first kappa shape index (κ1) is 13.8. The summed E-state index contributed by atoms with van der Waals surface area (Å²) in [5.74, 6) is -0.0410. The van der Waals surface area contributed by atoms with E-state index in [1.165, 1.54) is 0 Å². The van der Waals surface area contributed by atoms with Gasteiger partial charge in [0, 0.05) is 0 Å². The first-order chi connectivity index (χ1) is 8.97. The molecule has 0 heterocycles.